The van der Waals surface area contributed by atoms with E-state index in [0.717, 1.165) is 5.56 Å². The maximum Gasteiger partial charge on any atom is 0.338 e. The Labute approximate surface area is 175 Å². The van der Waals surface area contributed by atoms with Crippen molar-refractivity contribution < 1.29 is 19.4 Å². The number of aromatic hydroxyl groups is 1. The van der Waals surface area contributed by atoms with E-state index in [0.29, 0.717) is 17.5 Å². The Kier molecular flexibility index (Phi) is 6.47. The number of rotatable bonds is 7. The van der Waals surface area contributed by atoms with E-state index >= 15 is 0 Å². The van der Waals surface area contributed by atoms with Crippen LogP contribution in [0, 0.1) is 0 Å². The number of likely N-dealkylation sites (N-methyl/N-ethyl adjacent to an activating group) is 1. The molecule has 0 aliphatic carbocycles. The van der Waals surface area contributed by atoms with Gasteiger partial charge in [0.05, 0.1) is 11.1 Å². The van der Waals surface area contributed by atoms with Gasteiger partial charge in [-0.3, -0.25) is 9.78 Å². The Hall–Kier alpha value is -3.67. The molecule has 0 spiro atoms. The lowest BCUT2D eigenvalue weighted by molar-refractivity contribution is 0.00539. The van der Waals surface area contributed by atoms with Crippen LogP contribution in [-0.2, 0) is 10.3 Å². The molecule has 0 fully saturated rings. The summed E-state index contributed by atoms with van der Waals surface area (Å²) in [7, 11) is 1.71. The Morgan fingerprint density at radius 3 is 2.30 bits per heavy atom. The zero-order valence-corrected chi connectivity index (χ0v) is 17.0. The summed E-state index contributed by atoms with van der Waals surface area (Å²) in [6, 6.07) is 18.8. The highest BCUT2D eigenvalue weighted by atomic mass is 16.5. The van der Waals surface area contributed by atoms with Gasteiger partial charge in [-0.15, -0.1) is 0 Å². The van der Waals surface area contributed by atoms with Gasteiger partial charge >= 0.3 is 5.97 Å². The second-order valence-electron chi connectivity index (χ2n) is 6.98. The fourth-order valence-corrected chi connectivity index (χ4v) is 3.41. The van der Waals surface area contributed by atoms with Crippen LogP contribution < -0.4 is 0 Å². The number of carbonyl (C=O) groups is 2. The first-order chi connectivity index (χ1) is 14.5. The molecule has 0 bridgehead atoms. The Balaban J connectivity index is 1.92. The number of carbonyl (C=O) groups excluding carboxylic acids is 2. The van der Waals surface area contributed by atoms with E-state index < -0.39 is 11.5 Å². The van der Waals surface area contributed by atoms with Gasteiger partial charge in [-0.2, -0.15) is 0 Å². The number of hydrogen-bond donors (Lipinski definition) is 1. The van der Waals surface area contributed by atoms with Gasteiger partial charge in [-0.25, -0.2) is 4.79 Å². The normalized spacial score (nSPS) is 12.6. The number of nitrogens with zero attached hydrogens (tertiary/aromatic N) is 2. The van der Waals surface area contributed by atoms with Crippen LogP contribution in [0.2, 0.25) is 0 Å². The van der Waals surface area contributed by atoms with E-state index in [4.69, 9.17) is 4.74 Å². The predicted molar refractivity (Wildman–Crippen MR) is 113 cm³/mol. The van der Waals surface area contributed by atoms with Gasteiger partial charge in [0, 0.05) is 19.4 Å². The van der Waals surface area contributed by atoms with Crippen molar-refractivity contribution in [1.29, 1.82) is 0 Å². The molecule has 0 saturated heterocycles. The van der Waals surface area contributed by atoms with E-state index in [1.165, 1.54) is 30.5 Å². The number of benzene rings is 2. The molecule has 2 aromatic carbocycles. The maximum absolute atomic E-state index is 13.2. The fraction of sp³-hybridized carbons (Fsp3) is 0.208. The average Bonchev–Trinajstić information content (AvgIpc) is 2.80. The van der Waals surface area contributed by atoms with E-state index in [-0.39, 0.29) is 18.3 Å². The van der Waals surface area contributed by atoms with Crippen molar-refractivity contribution in [1.82, 2.24) is 9.88 Å². The number of aromatic nitrogens is 1. The highest BCUT2D eigenvalue weighted by Crippen LogP contribution is 2.33. The molecule has 30 heavy (non-hydrogen) atoms. The van der Waals surface area contributed by atoms with Crippen LogP contribution in [0.5, 0.6) is 5.75 Å². The predicted octanol–water partition coefficient (Wildman–Crippen LogP) is 4.02. The monoisotopic (exact) mass is 404 g/mol. The number of phenolic OH excluding ortho intramolecular Hbond substituents is 1. The number of ether oxygens (including phenoxy) is 1. The van der Waals surface area contributed by atoms with Crippen molar-refractivity contribution in [2.45, 2.75) is 18.9 Å². The van der Waals surface area contributed by atoms with E-state index in [1.807, 2.05) is 37.3 Å². The molecule has 1 atom stereocenters. The standard InChI is InChI=1S/C24H24N2O4/c1-3-24(20-9-5-4-6-10-20,26(2)22(28)19-8-7-15-25-16-19)17-30-23(29)18-11-13-21(27)14-12-18/h4-16,27H,3,17H2,1-2H3/t24-/m1/s1. The molecular weight excluding hydrogens is 380 g/mol. The minimum Gasteiger partial charge on any atom is -0.508 e. The SMILES string of the molecule is CC[C@@](COC(=O)c1ccc(O)cc1)(c1ccccc1)N(C)C(=O)c1cccnc1. The van der Waals surface area contributed by atoms with Crippen LogP contribution >= 0.6 is 0 Å². The molecule has 1 aromatic heterocycles. The molecule has 3 aromatic rings. The minimum absolute atomic E-state index is 0.0181. The molecule has 6 nitrogen and oxygen atoms in total. The summed E-state index contributed by atoms with van der Waals surface area (Å²) in [6.07, 6.45) is 3.66. The number of amides is 1. The summed E-state index contributed by atoms with van der Waals surface area (Å²) in [6.45, 7) is 1.93. The zero-order valence-electron chi connectivity index (χ0n) is 17.0. The van der Waals surface area contributed by atoms with Crippen molar-refractivity contribution in [3.63, 3.8) is 0 Å². The van der Waals surface area contributed by atoms with Gasteiger partial charge < -0.3 is 14.7 Å². The fourth-order valence-electron chi connectivity index (χ4n) is 3.41. The summed E-state index contributed by atoms with van der Waals surface area (Å²) in [5, 5.41) is 9.43. The molecule has 0 aliphatic rings. The van der Waals surface area contributed by atoms with Crippen LogP contribution in [0.4, 0.5) is 0 Å². The Morgan fingerprint density at radius 1 is 1.00 bits per heavy atom. The topological polar surface area (TPSA) is 79.7 Å². The third-order valence-corrected chi connectivity index (χ3v) is 5.30. The van der Waals surface area contributed by atoms with Crippen molar-refractivity contribution >= 4 is 11.9 Å². The van der Waals surface area contributed by atoms with Crippen molar-refractivity contribution in [3.05, 3.63) is 95.8 Å². The highest BCUT2D eigenvalue weighted by molar-refractivity contribution is 5.94. The molecule has 0 radical (unpaired) electrons. The van der Waals surface area contributed by atoms with Crippen LogP contribution in [-0.4, -0.2) is 40.5 Å². The summed E-state index contributed by atoms with van der Waals surface area (Å²) < 4.78 is 5.66. The van der Waals surface area contributed by atoms with E-state index in [1.54, 1.807) is 30.3 Å². The first-order valence-electron chi connectivity index (χ1n) is 9.68. The second-order valence-corrected chi connectivity index (χ2v) is 6.98. The van der Waals surface area contributed by atoms with Gasteiger partial charge in [-0.05, 0) is 48.4 Å². The third-order valence-electron chi connectivity index (χ3n) is 5.30. The third kappa shape index (κ3) is 4.33. The average molecular weight is 404 g/mol. The molecular formula is C24H24N2O4. The summed E-state index contributed by atoms with van der Waals surface area (Å²) >= 11 is 0. The van der Waals surface area contributed by atoms with Crippen LogP contribution in [0.3, 0.4) is 0 Å². The summed E-state index contributed by atoms with van der Waals surface area (Å²) in [5.74, 6) is -0.666. The Bertz CT molecular complexity index is 991. The lowest BCUT2D eigenvalue weighted by atomic mass is 9.86. The van der Waals surface area contributed by atoms with Gasteiger partial charge in [0.1, 0.15) is 17.9 Å². The largest absolute Gasteiger partial charge is 0.508 e. The zero-order chi connectivity index (χ0) is 21.6. The van der Waals surface area contributed by atoms with Gasteiger partial charge in [0.2, 0.25) is 0 Å². The van der Waals surface area contributed by atoms with Crippen LogP contribution in [0.25, 0.3) is 0 Å². The first-order valence-corrected chi connectivity index (χ1v) is 9.68. The number of hydrogen-bond acceptors (Lipinski definition) is 5. The molecule has 1 heterocycles. The number of pyridine rings is 1. The lowest BCUT2D eigenvalue weighted by Gasteiger charge is -2.41. The van der Waals surface area contributed by atoms with Crippen LogP contribution in [0.15, 0.2) is 79.1 Å². The maximum atomic E-state index is 13.2. The molecule has 0 aliphatic heterocycles. The molecule has 0 saturated carbocycles. The Morgan fingerprint density at radius 2 is 1.70 bits per heavy atom. The van der Waals surface area contributed by atoms with E-state index in [2.05, 4.69) is 4.98 Å². The summed E-state index contributed by atoms with van der Waals surface area (Å²) in [4.78, 5) is 31.4. The van der Waals surface area contributed by atoms with E-state index in [9.17, 15) is 14.7 Å². The van der Waals surface area contributed by atoms with Crippen molar-refractivity contribution in [2.24, 2.45) is 0 Å². The summed E-state index contributed by atoms with van der Waals surface area (Å²) in [5.41, 5.74) is 0.789. The molecule has 3 rings (SSSR count). The minimum atomic E-state index is -0.860. The van der Waals surface area contributed by atoms with Gasteiger partial charge in [0.25, 0.3) is 5.91 Å². The number of phenols is 1. The molecule has 0 unspecified atom stereocenters. The van der Waals surface area contributed by atoms with Crippen molar-refractivity contribution in [2.75, 3.05) is 13.7 Å². The van der Waals surface area contributed by atoms with Crippen molar-refractivity contribution in [3.8, 4) is 5.75 Å². The van der Waals surface area contributed by atoms with Gasteiger partial charge in [0.15, 0.2) is 0 Å². The molecule has 1 amide bonds. The smallest absolute Gasteiger partial charge is 0.338 e. The number of esters is 1. The second kappa shape index (κ2) is 9.22. The highest BCUT2D eigenvalue weighted by Gasteiger charge is 2.39. The quantitative estimate of drug-likeness (QED) is 0.602. The molecule has 1 N–H and O–H groups in total. The lowest BCUT2D eigenvalue weighted by Crippen LogP contribution is -2.50. The van der Waals surface area contributed by atoms with Gasteiger partial charge in [-0.1, -0.05) is 37.3 Å². The van der Waals surface area contributed by atoms with Crippen LogP contribution in [0.1, 0.15) is 39.6 Å². The molecule has 154 valence electrons. The first kappa shape index (κ1) is 21.0. The molecule has 6 heteroatoms.